The molecule has 26 heavy (non-hydrogen) atoms. The number of allylic oxidation sites excluding steroid dienone is 1. The van der Waals surface area contributed by atoms with Crippen LogP contribution in [0.25, 0.3) is 0 Å². The van der Waals surface area contributed by atoms with E-state index >= 15 is 0 Å². The third-order valence-electron chi connectivity index (χ3n) is 3.44. The Hall–Kier alpha value is -0.520. The molecule has 0 aliphatic carbocycles. The van der Waals surface area contributed by atoms with Crippen molar-refractivity contribution in [1.29, 1.82) is 0 Å². The van der Waals surface area contributed by atoms with Crippen molar-refractivity contribution < 1.29 is 33.1 Å². The fraction of sp³-hybridized carbons (Fsp3) is 0.643. The molecular weight excluding hydrogens is 403 g/mol. The second-order valence-corrected chi connectivity index (χ2v) is 9.59. The van der Waals surface area contributed by atoms with Crippen molar-refractivity contribution in [2.45, 2.75) is 25.2 Å². The molecule has 1 saturated heterocycles. The number of nitrogens with one attached hydrogen (secondary N) is 1. The lowest BCUT2D eigenvalue weighted by molar-refractivity contribution is -0.0370. The normalized spacial score (nSPS) is 25.4. The van der Waals surface area contributed by atoms with E-state index in [-0.39, 0.29) is 25.9 Å². The number of phosphoric acid groups is 1. The van der Waals surface area contributed by atoms with E-state index < -0.39 is 20.2 Å². The van der Waals surface area contributed by atoms with Crippen molar-refractivity contribution >= 4 is 35.4 Å². The summed E-state index contributed by atoms with van der Waals surface area (Å²) in [6.07, 6.45) is 3.60. The van der Waals surface area contributed by atoms with Gasteiger partial charge in [0.05, 0.1) is 25.9 Å². The summed E-state index contributed by atoms with van der Waals surface area (Å²) in [4.78, 5) is 23.0. The van der Waals surface area contributed by atoms with Crippen LogP contribution in [0.4, 0.5) is 4.79 Å². The number of amides is 2. The lowest BCUT2D eigenvalue weighted by atomic mass is 10.2. The second-order valence-electron chi connectivity index (χ2n) is 5.43. The van der Waals surface area contributed by atoms with Crippen LogP contribution in [-0.2, 0) is 18.3 Å². The number of hydrogen-bond acceptors (Lipinski definition) is 8. The summed E-state index contributed by atoms with van der Waals surface area (Å²) in [5, 5.41) is 11.2. The highest BCUT2D eigenvalue weighted by Crippen LogP contribution is 2.44. The molecule has 2 amide bonds. The van der Waals surface area contributed by atoms with E-state index in [1.807, 2.05) is 0 Å². The molecule has 0 saturated carbocycles. The van der Waals surface area contributed by atoms with Crippen LogP contribution >= 0.6 is 29.4 Å². The molecule has 1 fully saturated rings. The molecule has 0 aromatic heterocycles. The van der Waals surface area contributed by atoms with E-state index in [4.69, 9.17) is 18.9 Å². The molecule has 148 valence electrons. The van der Waals surface area contributed by atoms with E-state index in [0.29, 0.717) is 30.0 Å². The summed E-state index contributed by atoms with van der Waals surface area (Å²) in [6, 6.07) is -0.322. The molecule has 2 heterocycles. The maximum atomic E-state index is 11.9. The topological polar surface area (TPSA) is 118 Å². The summed E-state index contributed by atoms with van der Waals surface area (Å²) < 4.78 is 27.4. The lowest BCUT2D eigenvalue weighted by Crippen LogP contribution is -2.44. The summed E-state index contributed by atoms with van der Waals surface area (Å²) in [5.74, 6) is 1.10. The first-order valence-corrected chi connectivity index (χ1v) is 12.0. The van der Waals surface area contributed by atoms with Gasteiger partial charge in [0.25, 0.3) is 0 Å². The standard InChI is InChI=1S/C14H23N2O7PS2/c1-11-4-5-16(14(18)15-11)13-3-2-12(23-13)10-22-24(19,20)21-7-9-26-25-8-6-17/h4-5,12-13,17H,1-3,6-10H2,(H,15,18)(H,19,20)/t12-,13+/m0/s1. The number of phosphoric ester groups is 1. The van der Waals surface area contributed by atoms with Crippen molar-refractivity contribution in [3.8, 4) is 0 Å². The van der Waals surface area contributed by atoms with Crippen molar-refractivity contribution in [2.75, 3.05) is 31.3 Å². The Kier molecular flexibility index (Phi) is 8.98. The van der Waals surface area contributed by atoms with Crippen LogP contribution in [0, 0.1) is 0 Å². The first-order chi connectivity index (χ1) is 12.4. The molecule has 0 bridgehead atoms. The zero-order chi connectivity index (χ0) is 19.0. The predicted molar refractivity (Wildman–Crippen MR) is 100 cm³/mol. The van der Waals surface area contributed by atoms with Crippen molar-refractivity contribution in [3.63, 3.8) is 0 Å². The molecule has 2 rings (SSSR count). The van der Waals surface area contributed by atoms with Gasteiger partial charge in [-0.1, -0.05) is 28.2 Å². The first kappa shape index (κ1) is 21.8. The maximum Gasteiger partial charge on any atom is 0.472 e. The average Bonchev–Trinajstić information content (AvgIpc) is 3.05. The Morgan fingerprint density at radius 1 is 1.38 bits per heavy atom. The zero-order valence-corrected chi connectivity index (χ0v) is 16.6. The van der Waals surface area contributed by atoms with E-state index in [1.165, 1.54) is 26.5 Å². The number of carbonyl (C=O) groups is 1. The molecule has 1 unspecified atom stereocenters. The Balaban J connectivity index is 1.66. The van der Waals surface area contributed by atoms with Gasteiger partial charge < -0.3 is 20.1 Å². The lowest BCUT2D eigenvalue weighted by Gasteiger charge is -2.28. The smallest absolute Gasteiger partial charge is 0.395 e. The summed E-state index contributed by atoms with van der Waals surface area (Å²) in [6.45, 7) is 3.71. The summed E-state index contributed by atoms with van der Waals surface area (Å²) >= 11 is 0. The number of rotatable bonds is 11. The number of hydrogen-bond donors (Lipinski definition) is 3. The zero-order valence-electron chi connectivity index (χ0n) is 14.1. The number of aliphatic hydroxyl groups is 1. The van der Waals surface area contributed by atoms with Gasteiger partial charge in [-0.25, -0.2) is 9.36 Å². The average molecular weight is 426 g/mol. The molecule has 12 heteroatoms. The molecule has 2 aliphatic rings. The van der Waals surface area contributed by atoms with Gasteiger partial charge >= 0.3 is 13.9 Å². The Bertz CT molecular complexity index is 577. The minimum absolute atomic E-state index is 0.0631. The van der Waals surface area contributed by atoms with Crippen LogP contribution in [-0.4, -0.2) is 64.6 Å². The minimum Gasteiger partial charge on any atom is -0.395 e. The van der Waals surface area contributed by atoms with E-state index in [9.17, 15) is 14.3 Å². The van der Waals surface area contributed by atoms with Gasteiger partial charge in [0, 0.05) is 23.4 Å². The third kappa shape index (κ3) is 7.24. The van der Waals surface area contributed by atoms with Crippen LogP contribution < -0.4 is 5.32 Å². The van der Waals surface area contributed by atoms with E-state index in [0.717, 1.165) is 0 Å². The first-order valence-electron chi connectivity index (χ1n) is 8.00. The summed E-state index contributed by atoms with van der Waals surface area (Å²) in [5.41, 5.74) is 0.510. The van der Waals surface area contributed by atoms with Gasteiger partial charge in [-0.15, -0.1) is 0 Å². The largest absolute Gasteiger partial charge is 0.472 e. The number of urea groups is 1. The molecule has 3 N–H and O–H groups in total. The molecule has 0 aromatic rings. The molecule has 0 spiro atoms. The third-order valence-corrected chi connectivity index (χ3v) is 6.77. The Labute approximate surface area is 160 Å². The Morgan fingerprint density at radius 3 is 2.88 bits per heavy atom. The molecular formula is C14H23N2O7PS2. The number of nitrogens with zero attached hydrogens (tertiary/aromatic N) is 1. The highest BCUT2D eigenvalue weighted by Gasteiger charge is 2.34. The highest BCUT2D eigenvalue weighted by atomic mass is 33.1. The molecule has 9 nitrogen and oxygen atoms in total. The Morgan fingerprint density at radius 2 is 2.15 bits per heavy atom. The molecule has 3 atom stereocenters. The van der Waals surface area contributed by atoms with Gasteiger partial charge in [-0.05, 0) is 18.9 Å². The molecule has 2 aliphatic heterocycles. The van der Waals surface area contributed by atoms with Crippen LogP contribution in [0.15, 0.2) is 24.6 Å². The minimum atomic E-state index is -4.14. The number of carbonyl (C=O) groups excluding carboxylic acids is 1. The van der Waals surface area contributed by atoms with Crippen molar-refractivity contribution in [3.05, 3.63) is 24.6 Å². The quantitative estimate of drug-likeness (QED) is 0.259. The van der Waals surface area contributed by atoms with Crippen LogP contribution in [0.3, 0.4) is 0 Å². The van der Waals surface area contributed by atoms with Crippen LogP contribution in [0.5, 0.6) is 0 Å². The molecule has 0 aromatic carbocycles. The van der Waals surface area contributed by atoms with Gasteiger partial charge in [-0.2, -0.15) is 0 Å². The summed E-state index contributed by atoms with van der Waals surface area (Å²) in [7, 11) is -1.24. The van der Waals surface area contributed by atoms with Gasteiger partial charge in [0.15, 0.2) is 0 Å². The van der Waals surface area contributed by atoms with Gasteiger partial charge in [-0.3, -0.25) is 13.9 Å². The highest BCUT2D eigenvalue weighted by molar-refractivity contribution is 8.76. The maximum absolute atomic E-state index is 11.9. The molecule has 0 radical (unpaired) electrons. The SMILES string of the molecule is C=C1C=CN([C@H]2CC[C@@H](COP(=O)(O)OCCSSCCO)O2)C(=O)N1. The van der Waals surface area contributed by atoms with Crippen molar-refractivity contribution in [1.82, 2.24) is 10.2 Å². The second kappa shape index (κ2) is 10.7. The fourth-order valence-corrected chi connectivity index (χ4v) is 4.75. The van der Waals surface area contributed by atoms with E-state index in [1.54, 1.807) is 12.3 Å². The van der Waals surface area contributed by atoms with Gasteiger partial charge in [0.1, 0.15) is 6.23 Å². The fourth-order valence-electron chi connectivity index (χ4n) is 2.28. The predicted octanol–water partition coefficient (Wildman–Crippen LogP) is 2.05. The van der Waals surface area contributed by atoms with Crippen LogP contribution in [0.1, 0.15) is 12.8 Å². The van der Waals surface area contributed by atoms with Gasteiger partial charge in [0.2, 0.25) is 0 Å². The number of ether oxygens (including phenoxy) is 1. The van der Waals surface area contributed by atoms with Crippen LogP contribution in [0.2, 0.25) is 0 Å². The van der Waals surface area contributed by atoms with Crippen molar-refractivity contribution in [2.24, 2.45) is 0 Å². The number of aliphatic hydroxyl groups excluding tert-OH is 1. The van der Waals surface area contributed by atoms with E-state index in [2.05, 4.69) is 11.9 Å². The monoisotopic (exact) mass is 426 g/mol.